The van der Waals surface area contributed by atoms with Crippen molar-refractivity contribution in [3.63, 3.8) is 0 Å². The summed E-state index contributed by atoms with van der Waals surface area (Å²) < 4.78 is 11.9. The van der Waals surface area contributed by atoms with Crippen molar-refractivity contribution < 1.29 is 14.3 Å². The Morgan fingerprint density at radius 1 is 0.917 bits per heavy atom. The lowest BCUT2D eigenvalue weighted by Crippen LogP contribution is -2.26. The summed E-state index contributed by atoms with van der Waals surface area (Å²) >= 11 is 0. The van der Waals surface area contributed by atoms with Crippen LogP contribution in [0.15, 0.2) is 96.6 Å². The van der Waals surface area contributed by atoms with Crippen LogP contribution in [0.25, 0.3) is 16.8 Å². The van der Waals surface area contributed by atoms with Gasteiger partial charge in [-0.3, -0.25) is 4.79 Å². The lowest BCUT2D eigenvalue weighted by molar-refractivity contribution is -0.117. The zero-order valence-corrected chi connectivity index (χ0v) is 20.2. The van der Waals surface area contributed by atoms with Crippen molar-refractivity contribution in [3.05, 3.63) is 113 Å². The van der Waals surface area contributed by atoms with E-state index in [0.717, 1.165) is 21.9 Å². The Balaban J connectivity index is 1.46. The van der Waals surface area contributed by atoms with Gasteiger partial charge in [-0.2, -0.15) is 5.26 Å². The summed E-state index contributed by atoms with van der Waals surface area (Å²) in [6, 6.07) is 31.7. The quantitative estimate of drug-likeness (QED) is 0.222. The van der Waals surface area contributed by atoms with Crippen LogP contribution in [0.4, 0.5) is 0 Å². The summed E-state index contributed by atoms with van der Waals surface area (Å²) in [5, 5.41) is 14.7. The molecule has 0 aliphatic heterocycles. The van der Waals surface area contributed by atoms with Crippen LogP contribution in [0.5, 0.6) is 11.5 Å². The first-order valence-corrected chi connectivity index (χ1v) is 12.0. The largest absolute Gasteiger partial charge is 0.490 e. The Hall–Kier alpha value is -4.56. The molecule has 36 heavy (non-hydrogen) atoms. The SMILES string of the molecule is CCOc1cc(/C=C(\C#N)C(=O)NCCc2ccccc2)ccc1OCc1cccc2ccccc12. The molecule has 0 aliphatic carbocycles. The smallest absolute Gasteiger partial charge is 0.261 e. The minimum atomic E-state index is -0.400. The number of nitriles is 1. The fraction of sp³-hybridized carbons (Fsp3) is 0.161. The molecular weight excluding hydrogens is 448 g/mol. The number of ether oxygens (including phenoxy) is 2. The summed E-state index contributed by atoms with van der Waals surface area (Å²) in [5.41, 5.74) is 2.93. The number of carbonyl (C=O) groups is 1. The number of nitrogens with zero attached hydrogens (tertiary/aromatic N) is 1. The maximum atomic E-state index is 12.6. The molecule has 1 N–H and O–H groups in total. The molecule has 1 amide bonds. The summed E-state index contributed by atoms with van der Waals surface area (Å²) in [6.07, 6.45) is 2.26. The lowest BCUT2D eigenvalue weighted by atomic mass is 10.1. The molecule has 0 unspecified atom stereocenters. The van der Waals surface area contributed by atoms with Crippen molar-refractivity contribution in [2.45, 2.75) is 20.0 Å². The predicted molar refractivity (Wildman–Crippen MR) is 143 cm³/mol. The standard InChI is InChI=1S/C31H28N2O3/c1-2-35-30-20-24(19-27(21-32)31(34)33-18-17-23-9-4-3-5-10-23)15-16-29(30)36-22-26-13-8-12-25-11-6-7-14-28(25)26/h3-16,19-20H,2,17-18,22H2,1H3,(H,33,34)/b27-19+. The number of hydrogen-bond acceptors (Lipinski definition) is 4. The third-order valence-corrected chi connectivity index (χ3v) is 5.75. The molecule has 0 bridgehead atoms. The highest BCUT2D eigenvalue weighted by molar-refractivity contribution is 6.01. The average Bonchev–Trinajstić information content (AvgIpc) is 2.92. The van der Waals surface area contributed by atoms with Crippen LogP contribution in [0, 0.1) is 11.3 Å². The van der Waals surface area contributed by atoms with Gasteiger partial charge in [0.2, 0.25) is 0 Å². The van der Waals surface area contributed by atoms with Gasteiger partial charge in [0.15, 0.2) is 11.5 Å². The molecule has 0 aliphatic rings. The molecule has 4 rings (SSSR count). The van der Waals surface area contributed by atoms with Gasteiger partial charge in [0.05, 0.1) is 6.61 Å². The van der Waals surface area contributed by atoms with E-state index < -0.39 is 5.91 Å². The fourth-order valence-electron chi connectivity index (χ4n) is 3.95. The Morgan fingerprint density at radius 3 is 2.50 bits per heavy atom. The molecule has 0 spiro atoms. The molecule has 0 fully saturated rings. The molecule has 5 nitrogen and oxygen atoms in total. The number of carbonyl (C=O) groups excluding carboxylic acids is 1. The van der Waals surface area contributed by atoms with E-state index in [-0.39, 0.29) is 5.57 Å². The van der Waals surface area contributed by atoms with E-state index in [1.165, 1.54) is 0 Å². The predicted octanol–water partition coefficient (Wildman–Crippen LogP) is 6.08. The van der Waals surface area contributed by atoms with E-state index in [2.05, 4.69) is 29.6 Å². The summed E-state index contributed by atoms with van der Waals surface area (Å²) in [7, 11) is 0. The Bertz CT molecular complexity index is 1400. The second-order valence-electron chi connectivity index (χ2n) is 8.23. The normalized spacial score (nSPS) is 11.1. The molecule has 4 aromatic rings. The van der Waals surface area contributed by atoms with Crippen LogP contribution in [-0.4, -0.2) is 19.1 Å². The average molecular weight is 477 g/mol. The van der Waals surface area contributed by atoms with Crippen molar-refractivity contribution in [3.8, 4) is 17.6 Å². The van der Waals surface area contributed by atoms with Crippen LogP contribution in [-0.2, 0) is 17.8 Å². The van der Waals surface area contributed by atoms with Crippen molar-refractivity contribution in [2.24, 2.45) is 0 Å². The van der Waals surface area contributed by atoms with Crippen LogP contribution in [0.3, 0.4) is 0 Å². The van der Waals surface area contributed by atoms with Gasteiger partial charge in [0, 0.05) is 6.54 Å². The van der Waals surface area contributed by atoms with Crippen LogP contribution < -0.4 is 14.8 Å². The van der Waals surface area contributed by atoms with Crippen LogP contribution >= 0.6 is 0 Å². The van der Waals surface area contributed by atoms with E-state index in [4.69, 9.17) is 9.47 Å². The number of benzene rings is 4. The van der Waals surface area contributed by atoms with Gasteiger partial charge in [0.25, 0.3) is 5.91 Å². The number of amides is 1. The minimum Gasteiger partial charge on any atom is -0.490 e. The summed E-state index contributed by atoms with van der Waals surface area (Å²) in [4.78, 5) is 12.6. The van der Waals surface area contributed by atoms with E-state index in [1.807, 2.05) is 73.7 Å². The van der Waals surface area contributed by atoms with Crippen molar-refractivity contribution >= 4 is 22.8 Å². The van der Waals surface area contributed by atoms with E-state index >= 15 is 0 Å². The maximum Gasteiger partial charge on any atom is 0.261 e. The van der Waals surface area contributed by atoms with Gasteiger partial charge >= 0.3 is 0 Å². The monoisotopic (exact) mass is 476 g/mol. The second-order valence-corrected chi connectivity index (χ2v) is 8.23. The molecule has 0 aromatic heterocycles. The third-order valence-electron chi connectivity index (χ3n) is 5.75. The van der Waals surface area contributed by atoms with E-state index in [0.29, 0.717) is 43.2 Å². The molecule has 4 aromatic carbocycles. The molecule has 0 atom stereocenters. The highest BCUT2D eigenvalue weighted by atomic mass is 16.5. The Labute approximate surface area is 211 Å². The van der Waals surface area contributed by atoms with Gasteiger partial charge in [-0.15, -0.1) is 0 Å². The first-order chi connectivity index (χ1) is 17.7. The van der Waals surface area contributed by atoms with Crippen molar-refractivity contribution in [1.82, 2.24) is 5.32 Å². The highest BCUT2D eigenvalue weighted by Gasteiger charge is 2.12. The van der Waals surface area contributed by atoms with Gasteiger partial charge in [-0.05, 0) is 59.0 Å². The molecule has 5 heteroatoms. The topological polar surface area (TPSA) is 71.3 Å². The zero-order valence-electron chi connectivity index (χ0n) is 20.2. The second kappa shape index (κ2) is 12.2. The van der Waals surface area contributed by atoms with Crippen molar-refractivity contribution in [2.75, 3.05) is 13.2 Å². The summed E-state index contributed by atoms with van der Waals surface area (Å²) in [5.74, 6) is 0.767. The van der Waals surface area contributed by atoms with Gasteiger partial charge in [-0.25, -0.2) is 0 Å². The molecule has 0 saturated carbocycles. The zero-order chi connectivity index (χ0) is 25.2. The van der Waals surface area contributed by atoms with Crippen LogP contribution in [0.2, 0.25) is 0 Å². The van der Waals surface area contributed by atoms with Crippen LogP contribution in [0.1, 0.15) is 23.6 Å². The first-order valence-electron chi connectivity index (χ1n) is 12.0. The van der Waals surface area contributed by atoms with Gasteiger partial charge < -0.3 is 14.8 Å². The number of fused-ring (bicyclic) bond motifs is 1. The maximum absolute atomic E-state index is 12.6. The highest BCUT2D eigenvalue weighted by Crippen LogP contribution is 2.31. The Kier molecular flexibility index (Phi) is 8.35. The fourth-order valence-corrected chi connectivity index (χ4v) is 3.95. The molecular formula is C31H28N2O3. The third kappa shape index (κ3) is 6.31. The van der Waals surface area contributed by atoms with E-state index in [9.17, 15) is 10.1 Å². The van der Waals surface area contributed by atoms with Gasteiger partial charge in [0.1, 0.15) is 18.2 Å². The van der Waals surface area contributed by atoms with Crippen molar-refractivity contribution in [1.29, 1.82) is 5.26 Å². The molecule has 180 valence electrons. The molecule has 0 radical (unpaired) electrons. The number of nitrogens with one attached hydrogen (secondary N) is 1. The van der Waals surface area contributed by atoms with E-state index in [1.54, 1.807) is 12.1 Å². The summed E-state index contributed by atoms with van der Waals surface area (Å²) in [6.45, 7) is 3.21. The minimum absolute atomic E-state index is 0.0370. The molecule has 0 heterocycles. The number of rotatable bonds is 10. The Morgan fingerprint density at radius 2 is 1.69 bits per heavy atom. The lowest BCUT2D eigenvalue weighted by Gasteiger charge is -2.14. The number of hydrogen-bond donors (Lipinski definition) is 1. The molecule has 0 saturated heterocycles. The first kappa shape index (κ1) is 24.6. The van der Waals surface area contributed by atoms with Gasteiger partial charge in [-0.1, -0.05) is 78.9 Å².